The predicted octanol–water partition coefficient (Wildman–Crippen LogP) is 5.00. The molecule has 0 spiro atoms. The molecule has 2 aromatic rings. The Morgan fingerprint density at radius 1 is 1.09 bits per heavy atom. The van der Waals surface area contributed by atoms with Crippen molar-refractivity contribution in [3.05, 3.63) is 77.6 Å². The van der Waals surface area contributed by atoms with Crippen LogP contribution in [0.25, 0.3) is 0 Å². The average molecular weight is 323 g/mol. The van der Waals surface area contributed by atoms with Crippen molar-refractivity contribution in [1.29, 1.82) is 0 Å². The molecule has 3 rings (SSSR count). The quantitative estimate of drug-likeness (QED) is 0.865. The summed E-state index contributed by atoms with van der Waals surface area (Å²) in [4.78, 5) is 16.5. The zero-order chi connectivity index (χ0) is 16.2. The molecule has 0 saturated heterocycles. The fourth-order valence-corrected chi connectivity index (χ4v) is 3.89. The predicted molar refractivity (Wildman–Crippen MR) is 95.3 cm³/mol. The van der Waals surface area contributed by atoms with Gasteiger partial charge in [0.2, 0.25) is 0 Å². The molecule has 0 bridgehead atoms. The van der Waals surface area contributed by atoms with Crippen molar-refractivity contribution in [3.8, 4) is 0 Å². The van der Waals surface area contributed by atoms with Crippen LogP contribution in [0.2, 0.25) is 0 Å². The van der Waals surface area contributed by atoms with Crippen molar-refractivity contribution in [2.45, 2.75) is 18.6 Å². The molecule has 0 radical (unpaired) electrons. The largest absolute Gasteiger partial charge is 0.511 e. The van der Waals surface area contributed by atoms with Gasteiger partial charge in [-0.15, -0.1) is 0 Å². The minimum Gasteiger partial charge on any atom is -0.511 e. The Balaban J connectivity index is 2.02. The SMILES string of the molecule is CC(=O)C1=C(O)C[C@@H](c2ccccc2)SC1=Nc1ccccc1. The summed E-state index contributed by atoms with van der Waals surface area (Å²) in [5.74, 6) is -0.0315. The number of hydrogen-bond donors (Lipinski definition) is 1. The lowest BCUT2D eigenvalue weighted by Gasteiger charge is -2.24. The maximum atomic E-state index is 11.9. The second kappa shape index (κ2) is 6.84. The number of aliphatic hydroxyl groups excluding tert-OH is 1. The van der Waals surface area contributed by atoms with Gasteiger partial charge < -0.3 is 5.11 Å². The van der Waals surface area contributed by atoms with Crippen LogP contribution < -0.4 is 0 Å². The van der Waals surface area contributed by atoms with Crippen molar-refractivity contribution >= 4 is 28.3 Å². The molecule has 2 aromatic carbocycles. The van der Waals surface area contributed by atoms with E-state index in [1.165, 1.54) is 18.7 Å². The summed E-state index contributed by atoms with van der Waals surface area (Å²) in [6.07, 6.45) is 0.442. The number of nitrogens with zero attached hydrogens (tertiary/aromatic N) is 1. The smallest absolute Gasteiger partial charge is 0.165 e. The summed E-state index contributed by atoms with van der Waals surface area (Å²) in [6, 6.07) is 19.5. The van der Waals surface area contributed by atoms with Gasteiger partial charge in [-0.25, -0.2) is 4.99 Å². The van der Waals surface area contributed by atoms with E-state index in [-0.39, 0.29) is 16.8 Å². The second-order valence-electron chi connectivity index (χ2n) is 5.35. The first kappa shape index (κ1) is 15.6. The summed E-state index contributed by atoms with van der Waals surface area (Å²) in [5.41, 5.74) is 2.23. The number of carbonyl (C=O) groups excluding carboxylic acids is 1. The molecule has 116 valence electrons. The molecule has 1 heterocycles. The van der Waals surface area contributed by atoms with Crippen molar-refractivity contribution in [2.75, 3.05) is 0 Å². The highest BCUT2D eigenvalue weighted by Crippen LogP contribution is 2.42. The van der Waals surface area contributed by atoms with Gasteiger partial charge in [-0.05, 0) is 24.6 Å². The summed E-state index contributed by atoms with van der Waals surface area (Å²) in [5, 5.41) is 11.0. The van der Waals surface area contributed by atoms with Crippen LogP contribution in [0.3, 0.4) is 0 Å². The summed E-state index contributed by atoms with van der Waals surface area (Å²) >= 11 is 1.53. The van der Waals surface area contributed by atoms with Crippen LogP contribution in [-0.4, -0.2) is 15.9 Å². The number of carbonyl (C=O) groups is 1. The molecule has 0 aliphatic carbocycles. The molecule has 1 atom stereocenters. The maximum Gasteiger partial charge on any atom is 0.165 e. The van der Waals surface area contributed by atoms with Gasteiger partial charge in [0, 0.05) is 11.7 Å². The molecule has 0 saturated carbocycles. The van der Waals surface area contributed by atoms with Gasteiger partial charge in [0.05, 0.1) is 11.3 Å². The Kier molecular flexibility index (Phi) is 4.63. The van der Waals surface area contributed by atoms with E-state index in [9.17, 15) is 9.90 Å². The van der Waals surface area contributed by atoms with Crippen LogP contribution in [0.5, 0.6) is 0 Å². The van der Waals surface area contributed by atoms with Crippen molar-refractivity contribution in [3.63, 3.8) is 0 Å². The standard InChI is InChI=1S/C19H17NO2S/c1-13(21)18-16(22)12-17(14-8-4-2-5-9-14)23-19(18)20-15-10-6-3-7-11-15/h2-11,17,22H,12H2,1H3/t17-/m0/s1. The van der Waals surface area contributed by atoms with Gasteiger partial charge in [0.1, 0.15) is 10.8 Å². The average Bonchev–Trinajstić information content (AvgIpc) is 2.56. The van der Waals surface area contributed by atoms with Gasteiger partial charge in [0.15, 0.2) is 5.78 Å². The van der Waals surface area contributed by atoms with Crippen LogP contribution >= 0.6 is 11.8 Å². The summed E-state index contributed by atoms with van der Waals surface area (Å²) in [6.45, 7) is 1.47. The van der Waals surface area contributed by atoms with Crippen LogP contribution in [0.15, 0.2) is 77.0 Å². The van der Waals surface area contributed by atoms with Gasteiger partial charge >= 0.3 is 0 Å². The Bertz CT molecular complexity index is 766. The number of Topliss-reactive ketones (excluding diaryl/α,β-unsaturated/α-hetero) is 1. The first-order chi connectivity index (χ1) is 11.1. The van der Waals surface area contributed by atoms with Crippen molar-refractivity contribution in [1.82, 2.24) is 0 Å². The van der Waals surface area contributed by atoms with E-state index >= 15 is 0 Å². The Morgan fingerprint density at radius 3 is 2.30 bits per heavy atom. The third-order valence-electron chi connectivity index (χ3n) is 3.65. The number of thioether (sulfide) groups is 1. The molecule has 1 aliphatic heterocycles. The lowest BCUT2D eigenvalue weighted by Crippen LogP contribution is -2.18. The highest BCUT2D eigenvalue weighted by atomic mass is 32.2. The lowest BCUT2D eigenvalue weighted by atomic mass is 10.0. The third-order valence-corrected chi connectivity index (χ3v) is 4.89. The van der Waals surface area contributed by atoms with E-state index in [0.717, 1.165) is 11.3 Å². The number of ketones is 1. The number of benzene rings is 2. The number of hydrogen-bond acceptors (Lipinski definition) is 4. The monoisotopic (exact) mass is 323 g/mol. The van der Waals surface area contributed by atoms with Crippen LogP contribution in [0.4, 0.5) is 5.69 Å². The third kappa shape index (κ3) is 3.54. The number of para-hydroxylation sites is 1. The molecule has 3 nitrogen and oxygen atoms in total. The van der Waals surface area contributed by atoms with E-state index < -0.39 is 0 Å². The summed E-state index contributed by atoms with van der Waals surface area (Å²) < 4.78 is 0. The van der Waals surface area contributed by atoms with Crippen LogP contribution in [-0.2, 0) is 4.79 Å². The van der Waals surface area contributed by atoms with Gasteiger partial charge in [-0.1, -0.05) is 60.3 Å². The van der Waals surface area contributed by atoms with E-state index in [2.05, 4.69) is 4.99 Å². The molecule has 1 aliphatic rings. The lowest BCUT2D eigenvalue weighted by molar-refractivity contribution is -0.113. The molecule has 0 amide bonds. The Hall–Kier alpha value is -2.33. The van der Waals surface area contributed by atoms with Gasteiger partial charge in [-0.2, -0.15) is 0 Å². The Labute approximate surface area is 139 Å². The normalized spacial score (nSPS) is 19.9. The highest BCUT2D eigenvalue weighted by molar-refractivity contribution is 8.14. The van der Waals surface area contributed by atoms with Crippen LogP contribution in [0.1, 0.15) is 24.2 Å². The zero-order valence-corrected chi connectivity index (χ0v) is 13.6. The second-order valence-corrected chi connectivity index (χ2v) is 6.54. The van der Waals surface area contributed by atoms with Crippen molar-refractivity contribution < 1.29 is 9.90 Å². The first-order valence-electron chi connectivity index (χ1n) is 7.44. The van der Waals surface area contributed by atoms with Crippen molar-refractivity contribution in [2.24, 2.45) is 4.99 Å². The minimum atomic E-state index is -0.156. The van der Waals surface area contributed by atoms with E-state index in [4.69, 9.17) is 0 Å². The van der Waals surface area contributed by atoms with E-state index in [0.29, 0.717) is 17.0 Å². The van der Waals surface area contributed by atoms with E-state index in [1.807, 2.05) is 60.7 Å². The molecule has 1 N–H and O–H groups in total. The topological polar surface area (TPSA) is 49.7 Å². The molecular formula is C19H17NO2S. The highest BCUT2D eigenvalue weighted by Gasteiger charge is 2.30. The number of aliphatic hydroxyl groups is 1. The number of rotatable bonds is 3. The molecule has 0 unspecified atom stereocenters. The summed E-state index contributed by atoms with van der Waals surface area (Å²) in [7, 11) is 0. The van der Waals surface area contributed by atoms with Crippen LogP contribution in [0, 0.1) is 0 Å². The first-order valence-corrected chi connectivity index (χ1v) is 8.32. The molecule has 0 aromatic heterocycles. The maximum absolute atomic E-state index is 11.9. The fourth-order valence-electron chi connectivity index (χ4n) is 2.55. The van der Waals surface area contributed by atoms with Gasteiger partial charge in [-0.3, -0.25) is 4.79 Å². The molecular weight excluding hydrogens is 306 g/mol. The molecule has 0 fully saturated rings. The number of aliphatic imine (C=N–C) groups is 1. The minimum absolute atomic E-state index is 0.0572. The molecule has 23 heavy (non-hydrogen) atoms. The number of allylic oxidation sites excluding steroid dienone is 1. The van der Waals surface area contributed by atoms with E-state index in [1.54, 1.807) is 0 Å². The molecule has 4 heteroatoms. The Morgan fingerprint density at radius 2 is 1.70 bits per heavy atom. The fraction of sp³-hybridized carbons (Fsp3) is 0.158. The van der Waals surface area contributed by atoms with Gasteiger partial charge in [0.25, 0.3) is 0 Å². The zero-order valence-electron chi connectivity index (χ0n) is 12.8.